The zero-order chi connectivity index (χ0) is 11.8. The average molecular weight is 224 g/mol. The summed E-state index contributed by atoms with van der Waals surface area (Å²) in [6.45, 7) is 1.25. The first kappa shape index (κ1) is 12.8. The Morgan fingerprint density at radius 2 is 2.25 bits per heavy atom. The molecule has 0 radical (unpaired) electrons. The lowest BCUT2D eigenvalue weighted by Crippen LogP contribution is -2.25. The van der Waals surface area contributed by atoms with Crippen LogP contribution in [0.25, 0.3) is 0 Å². The number of amides is 1. The molecule has 0 aromatic carbocycles. The molecule has 0 saturated heterocycles. The van der Waals surface area contributed by atoms with Gasteiger partial charge in [-0.25, -0.2) is 0 Å². The van der Waals surface area contributed by atoms with Gasteiger partial charge in [-0.3, -0.25) is 4.79 Å². The number of hydrogen-bond donors (Lipinski definition) is 1. The Morgan fingerprint density at radius 1 is 1.44 bits per heavy atom. The van der Waals surface area contributed by atoms with E-state index in [4.69, 9.17) is 10.2 Å². The van der Waals surface area contributed by atoms with Crippen molar-refractivity contribution in [2.24, 2.45) is 5.73 Å². The highest BCUT2D eigenvalue weighted by Gasteiger charge is 2.09. The van der Waals surface area contributed by atoms with Gasteiger partial charge in [-0.15, -0.1) is 0 Å². The van der Waals surface area contributed by atoms with Crippen molar-refractivity contribution in [3.8, 4) is 0 Å². The molecule has 1 aromatic rings. The summed E-state index contributed by atoms with van der Waals surface area (Å²) in [4.78, 5) is 13.4. The molecule has 0 aliphatic rings. The first-order valence-electron chi connectivity index (χ1n) is 5.70. The number of furan rings is 1. The molecule has 4 heteroatoms. The van der Waals surface area contributed by atoms with Crippen LogP contribution in [0, 0.1) is 0 Å². The second kappa shape index (κ2) is 7.06. The molecule has 0 fully saturated rings. The Kier molecular flexibility index (Phi) is 5.64. The topological polar surface area (TPSA) is 59.5 Å². The Morgan fingerprint density at radius 3 is 2.88 bits per heavy atom. The van der Waals surface area contributed by atoms with Gasteiger partial charge in [-0.05, 0) is 31.5 Å². The summed E-state index contributed by atoms with van der Waals surface area (Å²) in [5, 5.41) is 0. The molecule has 90 valence electrons. The first-order valence-corrected chi connectivity index (χ1v) is 5.70. The molecule has 1 amide bonds. The third kappa shape index (κ3) is 4.49. The summed E-state index contributed by atoms with van der Waals surface area (Å²) in [7, 11) is 1.80. The zero-order valence-electron chi connectivity index (χ0n) is 9.82. The molecule has 0 aliphatic carbocycles. The van der Waals surface area contributed by atoms with Crippen molar-refractivity contribution in [2.75, 3.05) is 13.6 Å². The van der Waals surface area contributed by atoms with Gasteiger partial charge in [0.25, 0.3) is 0 Å². The van der Waals surface area contributed by atoms with Gasteiger partial charge in [0.15, 0.2) is 0 Å². The Balaban J connectivity index is 2.20. The van der Waals surface area contributed by atoms with Crippen LogP contribution in [-0.2, 0) is 11.3 Å². The van der Waals surface area contributed by atoms with E-state index in [0.29, 0.717) is 19.5 Å². The van der Waals surface area contributed by atoms with E-state index in [9.17, 15) is 4.79 Å². The SMILES string of the molecule is CN(Cc1ccco1)C(=O)CCCCCN. The van der Waals surface area contributed by atoms with E-state index in [1.807, 2.05) is 12.1 Å². The quantitative estimate of drug-likeness (QED) is 0.718. The number of rotatable bonds is 7. The van der Waals surface area contributed by atoms with Crippen LogP contribution in [0.2, 0.25) is 0 Å². The molecule has 0 saturated carbocycles. The average Bonchev–Trinajstić information content (AvgIpc) is 2.76. The van der Waals surface area contributed by atoms with Gasteiger partial charge in [0.1, 0.15) is 5.76 Å². The minimum atomic E-state index is 0.161. The number of hydrogen-bond acceptors (Lipinski definition) is 3. The lowest BCUT2D eigenvalue weighted by atomic mass is 10.2. The van der Waals surface area contributed by atoms with Crippen LogP contribution in [0.3, 0.4) is 0 Å². The van der Waals surface area contributed by atoms with E-state index in [1.54, 1.807) is 18.2 Å². The van der Waals surface area contributed by atoms with Gasteiger partial charge in [-0.1, -0.05) is 6.42 Å². The highest BCUT2D eigenvalue weighted by Crippen LogP contribution is 2.07. The number of carbonyl (C=O) groups excluding carboxylic acids is 1. The lowest BCUT2D eigenvalue weighted by Gasteiger charge is -2.15. The second-order valence-corrected chi connectivity index (χ2v) is 3.93. The molecule has 16 heavy (non-hydrogen) atoms. The van der Waals surface area contributed by atoms with Crippen molar-refractivity contribution in [1.29, 1.82) is 0 Å². The highest BCUT2D eigenvalue weighted by atomic mass is 16.3. The van der Waals surface area contributed by atoms with Crippen molar-refractivity contribution in [2.45, 2.75) is 32.2 Å². The summed E-state index contributed by atoms with van der Waals surface area (Å²) in [5.41, 5.74) is 5.39. The van der Waals surface area contributed by atoms with Crippen LogP contribution in [-0.4, -0.2) is 24.4 Å². The monoisotopic (exact) mass is 224 g/mol. The Hall–Kier alpha value is -1.29. The van der Waals surface area contributed by atoms with Gasteiger partial charge in [-0.2, -0.15) is 0 Å². The Labute approximate surface area is 96.4 Å². The maximum atomic E-state index is 11.7. The van der Waals surface area contributed by atoms with Gasteiger partial charge in [0, 0.05) is 13.5 Å². The standard InChI is InChI=1S/C12H20N2O2/c1-14(10-11-6-5-9-16-11)12(15)7-3-2-4-8-13/h5-6,9H,2-4,7-8,10,13H2,1H3. The predicted molar refractivity (Wildman–Crippen MR) is 62.7 cm³/mol. The maximum Gasteiger partial charge on any atom is 0.222 e. The predicted octanol–water partition coefficient (Wildman–Crippen LogP) is 1.76. The molecular weight excluding hydrogens is 204 g/mol. The fourth-order valence-electron chi connectivity index (χ4n) is 1.51. The van der Waals surface area contributed by atoms with Crippen LogP contribution in [0.15, 0.2) is 22.8 Å². The van der Waals surface area contributed by atoms with Crippen molar-refractivity contribution >= 4 is 5.91 Å². The van der Waals surface area contributed by atoms with Gasteiger partial charge in [0.05, 0.1) is 12.8 Å². The van der Waals surface area contributed by atoms with Crippen LogP contribution < -0.4 is 5.73 Å². The molecule has 0 spiro atoms. The van der Waals surface area contributed by atoms with Crippen molar-refractivity contribution in [3.05, 3.63) is 24.2 Å². The maximum absolute atomic E-state index is 11.7. The van der Waals surface area contributed by atoms with Crippen LogP contribution in [0.1, 0.15) is 31.4 Å². The van der Waals surface area contributed by atoms with E-state index in [-0.39, 0.29) is 5.91 Å². The van der Waals surface area contributed by atoms with Crippen molar-refractivity contribution in [1.82, 2.24) is 4.90 Å². The minimum absolute atomic E-state index is 0.161. The molecule has 4 nitrogen and oxygen atoms in total. The van der Waals surface area contributed by atoms with Crippen molar-refractivity contribution in [3.63, 3.8) is 0 Å². The van der Waals surface area contributed by atoms with E-state index in [1.165, 1.54) is 0 Å². The summed E-state index contributed by atoms with van der Waals surface area (Å²) in [6.07, 6.45) is 5.15. The first-order chi connectivity index (χ1) is 7.74. The van der Waals surface area contributed by atoms with Gasteiger partial charge in [0.2, 0.25) is 5.91 Å². The van der Waals surface area contributed by atoms with E-state index >= 15 is 0 Å². The van der Waals surface area contributed by atoms with Gasteiger partial charge < -0.3 is 15.1 Å². The second-order valence-electron chi connectivity index (χ2n) is 3.93. The largest absolute Gasteiger partial charge is 0.467 e. The number of nitrogens with zero attached hydrogens (tertiary/aromatic N) is 1. The third-order valence-corrected chi connectivity index (χ3v) is 2.49. The fraction of sp³-hybridized carbons (Fsp3) is 0.583. The molecule has 2 N–H and O–H groups in total. The summed E-state index contributed by atoms with van der Waals surface area (Å²) in [5.74, 6) is 0.978. The molecular formula is C12H20N2O2. The lowest BCUT2D eigenvalue weighted by molar-refractivity contribution is -0.130. The zero-order valence-corrected chi connectivity index (χ0v) is 9.82. The number of unbranched alkanes of at least 4 members (excludes halogenated alkanes) is 2. The van der Waals surface area contributed by atoms with Crippen molar-refractivity contribution < 1.29 is 9.21 Å². The van der Waals surface area contributed by atoms with Gasteiger partial charge >= 0.3 is 0 Å². The molecule has 0 bridgehead atoms. The Bertz CT molecular complexity index is 296. The van der Waals surface area contributed by atoms with Crippen LogP contribution in [0.4, 0.5) is 0 Å². The van der Waals surface area contributed by atoms with E-state index < -0.39 is 0 Å². The molecule has 0 aliphatic heterocycles. The molecule has 1 rings (SSSR count). The normalized spacial score (nSPS) is 10.4. The summed E-state index contributed by atoms with van der Waals surface area (Å²) < 4.78 is 5.19. The molecule has 1 heterocycles. The van der Waals surface area contributed by atoms with Crippen LogP contribution >= 0.6 is 0 Å². The number of nitrogens with two attached hydrogens (primary N) is 1. The van der Waals surface area contributed by atoms with E-state index in [0.717, 1.165) is 25.0 Å². The highest BCUT2D eigenvalue weighted by molar-refractivity contribution is 5.75. The fourth-order valence-corrected chi connectivity index (χ4v) is 1.51. The summed E-state index contributed by atoms with van der Waals surface area (Å²) in [6, 6.07) is 3.70. The molecule has 1 aromatic heterocycles. The summed E-state index contributed by atoms with van der Waals surface area (Å²) >= 11 is 0. The number of carbonyl (C=O) groups is 1. The smallest absolute Gasteiger partial charge is 0.222 e. The van der Waals surface area contributed by atoms with E-state index in [2.05, 4.69) is 0 Å². The molecule has 0 unspecified atom stereocenters. The van der Waals surface area contributed by atoms with Crippen LogP contribution in [0.5, 0.6) is 0 Å². The molecule has 0 atom stereocenters. The minimum Gasteiger partial charge on any atom is -0.467 e. The third-order valence-electron chi connectivity index (χ3n) is 2.49.